The normalized spacial score (nSPS) is 13.0. The number of aromatic nitrogens is 1. The van der Waals surface area contributed by atoms with Crippen LogP contribution >= 0.6 is 15.9 Å². The van der Waals surface area contributed by atoms with E-state index in [1.807, 2.05) is 25.1 Å². The largest absolute Gasteiger partial charge is 0.474 e. The quantitative estimate of drug-likeness (QED) is 0.761. The molecule has 1 aromatic heterocycles. The Morgan fingerprint density at radius 1 is 1.31 bits per heavy atom. The Kier molecular flexibility index (Phi) is 3.72. The zero-order valence-corrected chi connectivity index (χ0v) is 9.71. The highest BCUT2D eigenvalue weighted by Gasteiger charge is 2.08. The standard InChI is InChI=1S/C10H14BrNO/c1-7(2)8(3)13-10-6-4-5-9(11)12-10/h4-8H,1-3H3. The van der Waals surface area contributed by atoms with E-state index in [4.69, 9.17) is 4.74 Å². The summed E-state index contributed by atoms with van der Waals surface area (Å²) in [6.45, 7) is 6.30. The van der Waals surface area contributed by atoms with Gasteiger partial charge in [-0.2, -0.15) is 0 Å². The molecule has 0 aromatic carbocycles. The maximum absolute atomic E-state index is 5.62. The molecule has 1 rings (SSSR count). The molecule has 0 aliphatic heterocycles. The molecule has 1 atom stereocenters. The van der Waals surface area contributed by atoms with Gasteiger partial charge in [0, 0.05) is 6.07 Å². The van der Waals surface area contributed by atoms with Crippen molar-refractivity contribution in [1.82, 2.24) is 4.98 Å². The average Bonchev–Trinajstić information content (AvgIpc) is 2.04. The van der Waals surface area contributed by atoms with Crippen molar-refractivity contribution < 1.29 is 4.74 Å². The van der Waals surface area contributed by atoms with E-state index in [0.29, 0.717) is 11.8 Å². The van der Waals surface area contributed by atoms with Crippen molar-refractivity contribution in [3.8, 4) is 5.88 Å². The summed E-state index contributed by atoms with van der Waals surface area (Å²) in [4.78, 5) is 4.19. The van der Waals surface area contributed by atoms with E-state index >= 15 is 0 Å². The second-order valence-electron chi connectivity index (χ2n) is 3.37. The first-order valence-electron chi connectivity index (χ1n) is 4.39. The number of pyridine rings is 1. The summed E-state index contributed by atoms with van der Waals surface area (Å²) in [5.41, 5.74) is 0. The third-order valence-corrected chi connectivity index (χ3v) is 2.38. The molecule has 1 unspecified atom stereocenters. The number of nitrogens with zero attached hydrogens (tertiary/aromatic N) is 1. The molecule has 3 heteroatoms. The van der Waals surface area contributed by atoms with Crippen LogP contribution in [0.25, 0.3) is 0 Å². The summed E-state index contributed by atoms with van der Waals surface area (Å²) in [5, 5.41) is 0. The van der Waals surface area contributed by atoms with Crippen LogP contribution in [-0.4, -0.2) is 11.1 Å². The Morgan fingerprint density at radius 3 is 2.54 bits per heavy atom. The minimum atomic E-state index is 0.196. The van der Waals surface area contributed by atoms with Gasteiger partial charge in [-0.1, -0.05) is 19.9 Å². The maximum atomic E-state index is 5.62. The van der Waals surface area contributed by atoms with Gasteiger partial charge in [-0.25, -0.2) is 4.98 Å². The molecule has 0 bridgehead atoms. The molecule has 0 N–H and O–H groups in total. The third kappa shape index (κ3) is 3.35. The molecule has 0 saturated carbocycles. The van der Waals surface area contributed by atoms with Gasteiger partial charge < -0.3 is 4.74 Å². The van der Waals surface area contributed by atoms with E-state index in [0.717, 1.165) is 4.60 Å². The first-order valence-corrected chi connectivity index (χ1v) is 5.18. The average molecular weight is 244 g/mol. The van der Waals surface area contributed by atoms with Gasteiger partial charge in [-0.15, -0.1) is 0 Å². The topological polar surface area (TPSA) is 22.1 Å². The van der Waals surface area contributed by atoms with Crippen molar-refractivity contribution >= 4 is 15.9 Å². The lowest BCUT2D eigenvalue weighted by Crippen LogP contribution is -2.19. The molecule has 2 nitrogen and oxygen atoms in total. The van der Waals surface area contributed by atoms with Crippen LogP contribution in [0.2, 0.25) is 0 Å². The van der Waals surface area contributed by atoms with Crippen molar-refractivity contribution in [2.75, 3.05) is 0 Å². The Hall–Kier alpha value is -0.570. The number of ether oxygens (including phenoxy) is 1. The molecule has 72 valence electrons. The van der Waals surface area contributed by atoms with Crippen LogP contribution in [0, 0.1) is 5.92 Å². The van der Waals surface area contributed by atoms with Crippen molar-refractivity contribution in [2.24, 2.45) is 5.92 Å². The van der Waals surface area contributed by atoms with Crippen molar-refractivity contribution in [3.05, 3.63) is 22.8 Å². The Labute approximate surface area is 87.5 Å². The SMILES string of the molecule is CC(C)C(C)Oc1cccc(Br)n1. The fourth-order valence-corrected chi connectivity index (χ4v) is 1.11. The highest BCUT2D eigenvalue weighted by molar-refractivity contribution is 9.10. The van der Waals surface area contributed by atoms with Crippen LogP contribution < -0.4 is 4.74 Å². The van der Waals surface area contributed by atoms with E-state index in [2.05, 4.69) is 34.8 Å². The lowest BCUT2D eigenvalue weighted by atomic mass is 10.1. The predicted octanol–water partition coefficient (Wildman–Crippen LogP) is 3.27. The van der Waals surface area contributed by atoms with Gasteiger partial charge in [0.15, 0.2) is 0 Å². The molecular formula is C10H14BrNO. The molecule has 1 aromatic rings. The molecular weight excluding hydrogens is 230 g/mol. The highest BCUT2D eigenvalue weighted by Crippen LogP contribution is 2.15. The molecule has 0 aliphatic carbocycles. The molecule has 0 spiro atoms. The van der Waals surface area contributed by atoms with Gasteiger partial charge in [0.2, 0.25) is 5.88 Å². The molecule has 0 fully saturated rings. The first-order chi connectivity index (χ1) is 6.09. The van der Waals surface area contributed by atoms with E-state index in [-0.39, 0.29) is 6.10 Å². The summed E-state index contributed by atoms with van der Waals surface area (Å²) in [6, 6.07) is 5.66. The number of rotatable bonds is 3. The first kappa shape index (κ1) is 10.5. The molecule has 0 saturated heterocycles. The zero-order chi connectivity index (χ0) is 9.84. The van der Waals surface area contributed by atoms with Gasteiger partial charge in [0.1, 0.15) is 4.60 Å². The van der Waals surface area contributed by atoms with Gasteiger partial charge >= 0.3 is 0 Å². The van der Waals surface area contributed by atoms with E-state index in [1.54, 1.807) is 0 Å². The fourth-order valence-electron chi connectivity index (χ4n) is 0.782. The van der Waals surface area contributed by atoms with Crippen LogP contribution in [0.3, 0.4) is 0 Å². The molecule has 0 amide bonds. The van der Waals surface area contributed by atoms with Gasteiger partial charge in [-0.3, -0.25) is 0 Å². The second-order valence-corrected chi connectivity index (χ2v) is 4.18. The number of hydrogen-bond donors (Lipinski definition) is 0. The van der Waals surface area contributed by atoms with Crippen molar-refractivity contribution in [1.29, 1.82) is 0 Å². The Bertz CT molecular complexity index is 275. The number of hydrogen-bond acceptors (Lipinski definition) is 2. The molecule has 0 radical (unpaired) electrons. The lowest BCUT2D eigenvalue weighted by molar-refractivity contribution is 0.163. The van der Waals surface area contributed by atoms with Gasteiger partial charge in [0.25, 0.3) is 0 Å². The zero-order valence-electron chi connectivity index (χ0n) is 8.12. The summed E-state index contributed by atoms with van der Waals surface area (Å²) < 4.78 is 6.42. The van der Waals surface area contributed by atoms with Crippen LogP contribution in [0.15, 0.2) is 22.8 Å². The van der Waals surface area contributed by atoms with Gasteiger partial charge in [-0.05, 0) is 34.8 Å². The summed E-state index contributed by atoms with van der Waals surface area (Å²) in [7, 11) is 0. The maximum Gasteiger partial charge on any atom is 0.214 e. The molecule has 1 heterocycles. The van der Waals surface area contributed by atoms with Crippen LogP contribution in [0.1, 0.15) is 20.8 Å². The van der Waals surface area contributed by atoms with Gasteiger partial charge in [0.05, 0.1) is 6.10 Å². The minimum absolute atomic E-state index is 0.196. The lowest BCUT2D eigenvalue weighted by Gasteiger charge is -2.16. The summed E-state index contributed by atoms with van der Waals surface area (Å²) in [6.07, 6.45) is 0.196. The third-order valence-electron chi connectivity index (χ3n) is 1.94. The van der Waals surface area contributed by atoms with E-state index in [1.165, 1.54) is 0 Å². The van der Waals surface area contributed by atoms with Crippen molar-refractivity contribution in [3.63, 3.8) is 0 Å². The molecule has 0 aliphatic rings. The predicted molar refractivity (Wildman–Crippen MR) is 56.9 cm³/mol. The summed E-state index contributed by atoms with van der Waals surface area (Å²) in [5.74, 6) is 1.18. The van der Waals surface area contributed by atoms with Crippen LogP contribution in [0.4, 0.5) is 0 Å². The second kappa shape index (κ2) is 4.61. The van der Waals surface area contributed by atoms with Crippen molar-refractivity contribution in [2.45, 2.75) is 26.9 Å². The van der Waals surface area contributed by atoms with E-state index < -0.39 is 0 Å². The van der Waals surface area contributed by atoms with Crippen LogP contribution in [-0.2, 0) is 0 Å². The summed E-state index contributed by atoms with van der Waals surface area (Å²) >= 11 is 3.30. The number of halogens is 1. The minimum Gasteiger partial charge on any atom is -0.474 e. The van der Waals surface area contributed by atoms with Crippen LogP contribution in [0.5, 0.6) is 5.88 Å². The monoisotopic (exact) mass is 243 g/mol. The Morgan fingerprint density at radius 2 is 2.00 bits per heavy atom. The Balaban J connectivity index is 2.64. The van der Waals surface area contributed by atoms with E-state index in [9.17, 15) is 0 Å². The fraction of sp³-hybridized carbons (Fsp3) is 0.500. The highest BCUT2D eigenvalue weighted by atomic mass is 79.9. The molecule has 13 heavy (non-hydrogen) atoms. The smallest absolute Gasteiger partial charge is 0.214 e.